The van der Waals surface area contributed by atoms with Gasteiger partial charge in [0.05, 0.1) is 26.3 Å². The number of aliphatic imine (C=N–C) groups is 1. The van der Waals surface area contributed by atoms with Gasteiger partial charge in [-0.2, -0.15) is 0 Å². The van der Waals surface area contributed by atoms with Crippen LogP contribution < -0.4 is 15.5 Å². The third kappa shape index (κ3) is 6.82. The Morgan fingerprint density at radius 2 is 1.90 bits per heavy atom. The van der Waals surface area contributed by atoms with Gasteiger partial charge in [-0.1, -0.05) is 36.4 Å². The highest BCUT2D eigenvalue weighted by atomic mass is 127. The minimum atomic E-state index is -0.995. The Morgan fingerprint density at radius 3 is 2.60 bits per heavy atom. The zero-order valence-corrected chi connectivity index (χ0v) is 20.0. The predicted octanol–water partition coefficient (Wildman–Crippen LogP) is 2.50. The molecule has 0 aliphatic carbocycles. The quantitative estimate of drug-likeness (QED) is 0.293. The van der Waals surface area contributed by atoms with Crippen molar-refractivity contribution in [2.24, 2.45) is 4.99 Å². The van der Waals surface area contributed by atoms with E-state index in [-0.39, 0.29) is 24.0 Å². The molecule has 2 heterocycles. The molecule has 0 spiro atoms. The van der Waals surface area contributed by atoms with Crippen LogP contribution in [0.3, 0.4) is 0 Å². The molecule has 30 heavy (non-hydrogen) atoms. The SMILES string of the molecule is CCNC(=NCc1cccnc1N1CCOCC1)NCC(C)(O)c1ccccc1.I. The molecule has 0 radical (unpaired) electrons. The molecule has 0 bridgehead atoms. The second-order valence-electron chi connectivity index (χ2n) is 7.27. The summed E-state index contributed by atoms with van der Waals surface area (Å²) in [4.78, 5) is 11.5. The van der Waals surface area contributed by atoms with Crippen molar-refractivity contribution in [3.63, 3.8) is 0 Å². The van der Waals surface area contributed by atoms with Gasteiger partial charge in [0.1, 0.15) is 11.4 Å². The van der Waals surface area contributed by atoms with Crippen LogP contribution in [-0.2, 0) is 16.9 Å². The number of nitrogens with zero attached hydrogens (tertiary/aromatic N) is 3. The van der Waals surface area contributed by atoms with Crippen LogP contribution in [0.25, 0.3) is 0 Å². The fourth-order valence-corrected chi connectivity index (χ4v) is 3.27. The third-order valence-corrected chi connectivity index (χ3v) is 4.93. The summed E-state index contributed by atoms with van der Waals surface area (Å²) in [6.45, 7) is 8.54. The van der Waals surface area contributed by atoms with E-state index in [1.807, 2.05) is 49.5 Å². The molecule has 1 saturated heterocycles. The Balaban J connectivity index is 0.00000320. The molecule has 0 saturated carbocycles. The number of pyridine rings is 1. The summed E-state index contributed by atoms with van der Waals surface area (Å²) < 4.78 is 5.45. The topological polar surface area (TPSA) is 82.0 Å². The van der Waals surface area contributed by atoms with E-state index < -0.39 is 5.60 Å². The number of benzene rings is 1. The Kier molecular flexibility index (Phi) is 9.80. The molecule has 1 aliphatic heterocycles. The van der Waals surface area contributed by atoms with Gasteiger partial charge in [0, 0.05) is 31.4 Å². The lowest BCUT2D eigenvalue weighted by Gasteiger charge is -2.29. The number of aliphatic hydroxyl groups is 1. The summed E-state index contributed by atoms with van der Waals surface area (Å²) in [5.74, 6) is 1.63. The number of rotatable bonds is 7. The number of morpholine rings is 1. The van der Waals surface area contributed by atoms with E-state index in [0.717, 1.165) is 49.8 Å². The highest BCUT2D eigenvalue weighted by Gasteiger charge is 2.23. The average molecular weight is 525 g/mol. The second-order valence-corrected chi connectivity index (χ2v) is 7.27. The lowest BCUT2D eigenvalue weighted by atomic mass is 9.96. The normalized spacial score (nSPS) is 16.4. The van der Waals surface area contributed by atoms with Crippen molar-refractivity contribution >= 4 is 35.8 Å². The Hall–Kier alpha value is -1.91. The molecule has 1 fully saturated rings. The molecule has 1 aliphatic rings. The summed E-state index contributed by atoms with van der Waals surface area (Å²) in [5.41, 5.74) is 0.941. The van der Waals surface area contributed by atoms with E-state index in [9.17, 15) is 5.11 Å². The zero-order valence-electron chi connectivity index (χ0n) is 17.7. The molecule has 0 amide bonds. The van der Waals surface area contributed by atoms with Crippen LogP contribution >= 0.6 is 24.0 Å². The Bertz CT molecular complexity index is 795. The zero-order chi connectivity index (χ0) is 20.5. The fraction of sp³-hybridized carbons (Fsp3) is 0.455. The summed E-state index contributed by atoms with van der Waals surface area (Å²) in [7, 11) is 0. The van der Waals surface area contributed by atoms with E-state index in [1.54, 1.807) is 6.92 Å². The van der Waals surface area contributed by atoms with Crippen molar-refractivity contribution in [3.8, 4) is 0 Å². The van der Waals surface area contributed by atoms with Gasteiger partial charge in [0.2, 0.25) is 0 Å². The molecule has 1 unspecified atom stereocenters. The standard InChI is InChI=1S/C22H31N5O2.HI/c1-3-23-21(26-17-22(2,28)19-9-5-4-6-10-19)25-16-18-8-7-11-24-20(18)27-12-14-29-15-13-27;/h4-11,28H,3,12-17H2,1-2H3,(H2,23,25,26);1H. The van der Waals surface area contributed by atoms with Crippen molar-refractivity contribution in [1.29, 1.82) is 0 Å². The fourth-order valence-electron chi connectivity index (χ4n) is 3.27. The minimum absolute atomic E-state index is 0. The maximum atomic E-state index is 10.8. The van der Waals surface area contributed by atoms with Crippen molar-refractivity contribution in [1.82, 2.24) is 15.6 Å². The first kappa shape index (κ1) is 24.4. The first-order chi connectivity index (χ1) is 14.1. The lowest BCUT2D eigenvalue weighted by Crippen LogP contribution is -2.44. The number of ether oxygens (including phenoxy) is 1. The molecule has 1 aromatic heterocycles. The van der Waals surface area contributed by atoms with E-state index >= 15 is 0 Å². The van der Waals surface area contributed by atoms with Crippen molar-refractivity contribution < 1.29 is 9.84 Å². The molecule has 3 rings (SSSR count). The summed E-state index contributed by atoms with van der Waals surface area (Å²) >= 11 is 0. The molecule has 164 valence electrons. The maximum absolute atomic E-state index is 10.8. The molecule has 7 nitrogen and oxygen atoms in total. The van der Waals surface area contributed by atoms with Gasteiger partial charge >= 0.3 is 0 Å². The first-order valence-electron chi connectivity index (χ1n) is 10.2. The van der Waals surface area contributed by atoms with Crippen molar-refractivity contribution in [2.45, 2.75) is 26.0 Å². The Labute approximate surface area is 196 Å². The highest BCUT2D eigenvalue weighted by Crippen LogP contribution is 2.20. The van der Waals surface area contributed by atoms with Crippen LogP contribution in [0.5, 0.6) is 0 Å². The van der Waals surface area contributed by atoms with Gasteiger partial charge in [-0.25, -0.2) is 9.98 Å². The van der Waals surface area contributed by atoms with Crippen LogP contribution in [0.1, 0.15) is 25.0 Å². The average Bonchev–Trinajstić information content (AvgIpc) is 2.77. The van der Waals surface area contributed by atoms with Crippen molar-refractivity contribution in [3.05, 3.63) is 59.8 Å². The Morgan fingerprint density at radius 1 is 1.17 bits per heavy atom. The summed E-state index contributed by atoms with van der Waals surface area (Å²) in [6, 6.07) is 13.7. The monoisotopic (exact) mass is 525 g/mol. The third-order valence-electron chi connectivity index (χ3n) is 4.93. The molecular formula is C22H32IN5O2. The number of guanidine groups is 1. The number of aromatic nitrogens is 1. The van der Waals surface area contributed by atoms with Gasteiger partial charge < -0.3 is 25.4 Å². The van der Waals surface area contributed by atoms with E-state index in [2.05, 4.69) is 26.6 Å². The van der Waals surface area contributed by atoms with E-state index in [4.69, 9.17) is 9.73 Å². The van der Waals surface area contributed by atoms with Gasteiger partial charge in [-0.05, 0) is 25.5 Å². The van der Waals surface area contributed by atoms with E-state index in [1.165, 1.54) is 0 Å². The van der Waals surface area contributed by atoms with Gasteiger partial charge in [-0.15, -0.1) is 24.0 Å². The lowest BCUT2D eigenvalue weighted by molar-refractivity contribution is 0.0617. The molecule has 3 N–H and O–H groups in total. The summed E-state index contributed by atoms with van der Waals surface area (Å²) in [6.07, 6.45) is 1.82. The molecule has 1 atom stereocenters. The number of hydrogen-bond acceptors (Lipinski definition) is 5. The molecule has 8 heteroatoms. The number of halogens is 1. The largest absolute Gasteiger partial charge is 0.384 e. The first-order valence-corrected chi connectivity index (χ1v) is 10.2. The smallest absolute Gasteiger partial charge is 0.191 e. The van der Waals surface area contributed by atoms with Gasteiger partial charge in [0.15, 0.2) is 5.96 Å². The minimum Gasteiger partial charge on any atom is -0.384 e. The summed E-state index contributed by atoms with van der Waals surface area (Å²) in [5, 5.41) is 17.3. The highest BCUT2D eigenvalue weighted by molar-refractivity contribution is 14.0. The van der Waals surface area contributed by atoms with Crippen molar-refractivity contribution in [2.75, 3.05) is 44.3 Å². The van der Waals surface area contributed by atoms with Crippen LogP contribution in [0, 0.1) is 0 Å². The van der Waals surface area contributed by atoms with Gasteiger partial charge in [-0.3, -0.25) is 0 Å². The van der Waals surface area contributed by atoms with Crippen LogP contribution in [0.15, 0.2) is 53.7 Å². The predicted molar refractivity (Wildman–Crippen MR) is 132 cm³/mol. The van der Waals surface area contributed by atoms with E-state index in [0.29, 0.717) is 19.0 Å². The molecule has 1 aromatic carbocycles. The number of nitrogens with one attached hydrogen (secondary N) is 2. The van der Waals surface area contributed by atoms with Crippen LogP contribution in [0.2, 0.25) is 0 Å². The number of anilines is 1. The second kappa shape index (κ2) is 12.1. The number of hydrogen-bond donors (Lipinski definition) is 3. The van der Waals surface area contributed by atoms with Crippen LogP contribution in [0.4, 0.5) is 5.82 Å². The van der Waals surface area contributed by atoms with Gasteiger partial charge in [0.25, 0.3) is 0 Å². The molecule has 2 aromatic rings. The maximum Gasteiger partial charge on any atom is 0.191 e. The molecular weight excluding hydrogens is 493 g/mol. The van der Waals surface area contributed by atoms with Crippen LogP contribution in [-0.4, -0.2) is 55.4 Å².